The molecule has 0 spiro atoms. The average Bonchev–Trinajstić information content (AvgIpc) is 3.09. The van der Waals surface area contributed by atoms with Gasteiger partial charge < -0.3 is 9.64 Å². The molecule has 3 N–H and O–H groups in total. The second kappa shape index (κ2) is 7.79. The maximum absolute atomic E-state index is 13.0. The Labute approximate surface area is 143 Å². The molecule has 1 saturated carbocycles. The van der Waals surface area contributed by atoms with Gasteiger partial charge in [0.25, 0.3) is 0 Å². The predicted octanol–water partition coefficient (Wildman–Crippen LogP) is 1.36. The number of fused-ring (bicyclic) bond motifs is 1. The number of nitrogens with one attached hydrogen (secondary N) is 3. The van der Waals surface area contributed by atoms with Crippen LogP contribution in [0.2, 0.25) is 0 Å². The zero-order valence-electron chi connectivity index (χ0n) is 14.1. The Hall–Kier alpha value is -1.89. The van der Waals surface area contributed by atoms with Crippen molar-refractivity contribution in [1.82, 2.24) is 21.3 Å². The van der Waals surface area contributed by atoms with Crippen molar-refractivity contribution in [3.8, 4) is 5.75 Å². The van der Waals surface area contributed by atoms with Crippen LogP contribution in [0.15, 0.2) is 36.9 Å². The summed E-state index contributed by atoms with van der Waals surface area (Å²) in [6.07, 6.45) is 4.55. The Morgan fingerprint density at radius 1 is 1.33 bits per heavy atom. The van der Waals surface area contributed by atoms with Gasteiger partial charge in [0.2, 0.25) is 5.91 Å². The van der Waals surface area contributed by atoms with Gasteiger partial charge in [-0.05, 0) is 25.3 Å². The van der Waals surface area contributed by atoms with Crippen LogP contribution in [0.4, 0.5) is 0 Å². The van der Waals surface area contributed by atoms with Gasteiger partial charge in [0.05, 0.1) is 7.11 Å². The zero-order valence-corrected chi connectivity index (χ0v) is 14.1. The van der Waals surface area contributed by atoms with Crippen molar-refractivity contribution in [2.75, 3.05) is 13.7 Å². The molecule has 130 valence electrons. The van der Waals surface area contributed by atoms with E-state index in [1.54, 1.807) is 13.2 Å². The van der Waals surface area contributed by atoms with E-state index in [0.29, 0.717) is 25.2 Å². The van der Waals surface area contributed by atoms with Gasteiger partial charge in [0, 0.05) is 36.7 Å². The van der Waals surface area contributed by atoms with E-state index >= 15 is 0 Å². The average molecular weight is 330 g/mol. The lowest BCUT2D eigenvalue weighted by Crippen LogP contribution is -2.45. The lowest BCUT2D eigenvalue weighted by Gasteiger charge is -2.33. The molecule has 3 atom stereocenters. The summed E-state index contributed by atoms with van der Waals surface area (Å²) in [6.45, 7) is 4.90. The molecule has 1 aliphatic carbocycles. The molecule has 1 aromatic rings. The van der Waals surface area contributed by atoms with Crippen LogP contribution in [-0.2, 0) is 11.3 Å². The van der Waals surface area contributed by atoms with Gasteiger partial charge in [0.1, 0.15) is 5.75 Å². The molecular formula is C18H26N4O2. The largest absolute Gasteiger partial charge is 0.496 e. The van der Waals surface area contributed by atoms with Crippen LogP contribution in [0, 0.1) is 5.92 Å². The fourth-order valence-electron chi connectivity index (χ4n) is 3.64. The number of para-hydroxylation sites is 1. The molecule has 3 unspecified atom stereocenters. The second-order valence-corrected chi connectivity index (χ2v) is 6.46. The van der Waals surface area contributed by atoms with Crippen molar-refractivity contribution in [3.05, 3.63) is 42.5 Å². The summed E-state index contributed by atoms with van der Waals surface area (Å²) in [6, 6.07) is 8.57. The third-order valence-electron chi connectivity index (χ3n) is 4.93. The number of methoxy groups -OCH3 is 1. The maximum Gasteiger partial charge on any atom is 0.226 e. The van der Waals surface area contributed by atoms with Gasteiger partial charge in [-0.1, -0.05) is 24.3 Å². The Kier molecular flexibility index (Phi) is 5.50. The van der Waals surface area contributed by atoms with E-state index in [1.807, 2.05) is 29.2 Å². The van der Waals surface area contributed by atoms with Crippen molar-refractivity contribution in [2.45, 2.75) is 37.9 Å². The number of rotatable bonds is 6. The normalized spacial score (nSPS) is 25.8. The molecule has 1 aliphatic heterocycles. The summed E-state index contributed by atoms with van der Waals surface area (Å²) in [5.41, 5.74) is 10.4. The van der Waals surface area contributed by atoms with E-state index in [-0.39, 0.29) is 11.8 Å². The Bertz CT molecular complexity index is 592. The van der Waals surface area contributed by atoms with Gasteiger partial charge in [-0.25, -0.2) is 10.9 Å². The van der Waals surface area contributed by atoms with Crippen LogP contribution in [-0.4, -0.2) is 36.5 Å². The van der Waals surface area contributed by atoms with E-state index in [0.717, 1.165) is 30.6 Å². The Balaban J connectivity index is 1.70. The first-order valence-electron chi connectivity index (χ1n) is 8.50. The molecule has 1 heterocycles. The minimum atomic E-state index is 0.0510. The number of nitrogens with zero attached hydrogens (tertiary/aromatic N) is 1. The highest BCUT2D eigenvalue weighted by Gasteiger charge is 2.37. The summed E-state index contributed by atoms with van der Waals surface area (Å²) in [4.78, 5) is 14.9. The lowest BCUT2D eigenvalue weighted by atomic mass is 9.82. The first-order chi connectivity index (χ1) is 11.7. The van der Waals surface area contributed by atoms with Gasteiger partial charge in [0.15, 0.2) is 0 Å². The molecule has 6 nitrogen and oxygen atoms in total. The van der Waals surface area contributed by atoms with Gasteiger partial charge in [-0.2, -0.15) is 5.53 Å². The lowest BCUT2D eigenvalue weighted by molar-refractivity contribution is -0.137. The second-order valence-electron chi connectivity index (χ2n) is 6.46. The molecule has 2 fully saturated rings. The Morgan fingerprint density at radius 3 is 2.92 bits per heavy atom. The molecule has 0 radical (unpaired) electrons. The highest BCUT2D eigenvalue weighted by molar-refractivity contribution is 5.79. The molecule has 1 saturated heterocycles. The number of hydrogen-bond acceptors (Lipinski definition) is 5. The Morgan fingerprint density at radius 2 is 2.12 bits per heavy atom. The van der Waals surface area contributed by atoms with Crippen molar-refractivity contribution >= 4 is 5.91 Å². The molecule has 24 heavy (non-hydrogen) atoms. The summed E-state index contributed by atoms with van der Waals surface area (Å²) in [5.74, 6) is 1.07. The van der Waals surface area contributed by atoms with Crippen LogP contribution in [0.1, 0.15) is 24.8 Å². The minimum Gasteiger partial charge on any atom is -0.496 e. The first-order valence-corrected chi connectivity index (χ1v) is 8.50. The number of hydrogen-bond donors (Lipinski definition) is 3. The number of carbonyl (C=O) groups excluding carboxylic acids is 1. The fourth-order valence-corrected chi connectivity index (χ4v) is 3.64. The zero-order chi connectivity index (χ0) is 16.9. The quantitative estimate of drug-likeness (QED) is 0.688. The first kappa shape index (κ1) is 17.0. The number of amides is 1. The van der Waals surface area contributed by atoms with E-state index < -0.39 is 0 Å². The highest BCUT2D eigenvalue weighted by atomic mass is 16.5. The summed E-state index contributed by atoms with van der Waals surface area (Å²) in [5, 5.41) is 0. The molecule has 1 amide bonds. The van der Waals surface area contributed by atoms with Crippen molar-refractivity contribution < 1.29 is 9.53 Å². The van der Waals surface area contributed by atoms with E-state index in [1.165, 1.54) is 0 Å². The maximum atomic E-state index is 13.0. The van der Waals surface area contributed by atoms with Crippen molar-refractivity contribution in [1.29, 1.82) is 0 Å². The molecule has 2 aliphatic rings. The minimum absolute atomic E-state index is 0.0510. The van der Waals surface area contributed by atoms with E-state index in [2.05, 4.69) is 23.0 Å². The fraction of sp³-hybridized carbons (Fsp3) is 0.500. The molecular weight excluding hydrogens is 304 g/mol. The molecule has 0 bridgehead atoms. The van der Waals surface area contributed by atoms with Gasteiger partial charge in [-0.3, -0.25) is 4.79 Å². The number of hydrazine groups is 2. The van der Waals surface area contributed by atoms with Gasteiger partial charge in [-0.15, -0.1) is 6.58 Å². The number of carbonyl (C=O) groups is 1. The third-order valence-corrected chi connectivity index (χ3v) is 4.93. The summed E-state index contributed by atoms with van der Waals surface area (Å²) in [7, 11) is 1.66. The molecule has 3 rings (SSSR count). The highest BCUT2D eigenvalue weighted by Crippen LogP contribution is 2.28. The summed E-state index contributed by atoms with van der Waals surface area (Å²) >= 11 is 0. The third kappa shape index (κ3) is 3.61. The predicted molar refractivity (Wildman–Crippen MR) is 92.9 cm³/mol. The number of ether oxygens (including phenoxy) is 1. The van der Waals surface area contributed by atoms with Crippen molar-refractivity contribution in [2.24, 2.45) is 5.92 Å². The van der Waals surface area contributed by atoms with Crippen LogP contribution in [0.25, 0.3) is 0 Å². The molecule has 6 heteroatoms. The topological polar surface area (TPSA) is 65.6 Å². The van der Waals surface area contributed by atoms with Crippen LogP contribution in [0.5, 0.6) is 5.75 Å². The van der Waals surface area contributed by atoms with E-state index in [4.69, 9.17) is 4.74 Å². The van der Waals surface area contributed by atoms with Gasteiger partial charge >= 0.3 is 0 Å². The summed E-state index contributed by atoms with van der Waals surface area (Å²) < 4.78 is 5.42. The van der Waals surface area contributed by atoms with Crippen LogP contribution >= 0.6 is 0 Å². The SMILES string of the molecule is C=CCN(Cc1ccccc1OC)C(=O)C1CCC2NNNC2C1. The van der Waals surface area contributed by atoms with Crippen LogP contribution in [0.3, 0.4) is 0 Å². The van der Waals surface area contributed by atoms with E-state index in [9.17, 15) is 4.79 Å². The molecule has 1 aromatic carbocycles. The standard InChI is InChI=1S/C18H26N4O2/c1-3-10-22(12-14-6-4-5-7-17(14)24-2)18(23)13-8-9-15-16(11-13)20-21-19-15/h3-7,13,15-16,19-21H,1,8-12H2,2H3. The number of benzene rings is 1. The van der Waals surface area contributed by atoms with Crippen molar-refractivity contribution in [3.63, 3.8) is 0 Å². The monoisotopic (exact) mass is 330 g/mol. The molecule has 0 aromatic heterocycles. The smallest absolute Gasteiger partial charge is 0.226 e. The van der Waals surface area contributed by atoms with Crippen LogP contribution < -0.4 is 21.1 Å².